The second-order valence-electron chi connectivity index (χ2n) is 5.05. The van der Waals surface area contributed by atoms with Crippen molar-refractivity contribution < 1.29 is 0 Å². The molecule has 0 spiro atoms. The number of hydrogen-bond donors (Lipinski definition) is 1. The summed E-state index contributed by atoms with van der Waals surface area (Å²) in [6, 6.07) is 6.52. The molecule has 1 aliphatic rings. The van der Waals surface area contributed by atoms with E-state index in [4.69, 9.17) is 0 Å². The highest BCUT2D eigenvalue weighted by molar-refractivity contribution is 5.44. The average molecular weight is 229 g/mol. The minimum atomic E-state index is -0.397. The molecule has 3 nitrogen and oxygen atoms in total. The number of rotatable bonds is 2. The van der Waals surface area contributed by atoms with Crippen molar-refractivity contribution in [2.45, 2.75) is 51.5 Å². The predicted molar refractivity (Wildman–Crippen MR) is 68.8 cm³/mol. The molecule has 0 saturated heterocycles. The minimum Gasteiger partial charge on any atom is -0.352 e. The highest BCUT2D eigenvalue weighted by atomic mass is 15.1. The molecule has 1 aliphatic carbocycles. The van der Waals surface area contributed by atoms with E-state index in [2.05, 4.69) is 23.3 Å². The summed E-state index contributed by atoms with van der Waals surface area (Å²) in [5, 5.41) is 12.8. The molecular weight excluding hydrogens is 210 g/mol. The van der Waals surface area contributed by atoms with Gasteiger partial charge < -0.3 is 5.32 Å². The Bertz CT molecular complexity index is 419. The number of aryl methyl sites for hydroxylation is 2. The zero-order valence-electron chi connectivity index (χ0n) is 10.6. The molecule has 0 radical (unpaired) electrons. The summed E-state index contributed by atoms with van der Waals surface area (Å²) in [5.74, 6) is 0.839. The Morgan fingerprint density at radius 2 is 1.94 bits per heavy atom. The van der Waals surface area contributed by atoms with E-state index >= 15 is 0 Å². The molecule has 3 heteroatoms. The van der Waals surface area contributed by atoms with Crippen molar-refractivity contribution in [1.29, 1.82) is 5.26 Å². The number of pyridine rings is 1. The van der Waals surface area contributed by atoms with E-state index in [1.807, 2.05) is 19.1 Å². The van der Waals surface area contributed by atoms with E-state index < -0.39 is 5.54 Å². The molecule has 0 atom stereocenters. The van der Waals surface area contributed by atoms with E-state index in [-0.39, 0.29) is 0 Å². The number of aromatic nitrogens is 1. The number of nitriles is 1. The van der Waals surface area contributed by atoms with Crippen LogP contribution in [0.5, 0.6) is 0 Å². The normalized spacial score (nSPS) is 18.4. The highest BCUT2D eigenvalue weighted by Gasteiger charge is 2.32. The van der Waals surface area contributed by atoms with Gasteiger partial charge in [-0.15, -0.1) is 0 Å². The van der Waals surface area contributed by atoms with E-state index in [1.54, 1.807) is 0 Å². The zero-order chi connectivity index (χ0) is 12.3. The minimum absolute atomic E-state index is 0.397. The Balaban J connectivity index is 2.21. The van der Waals surface area contributed by atoms with Crippen molar-refractivity contribution in [3.05, 3.63) is 23.4 Å². The lowest BCUT2D eigenvalue weighted by atomic mass is 9.83. The van der Waals surface area contributed by atoms with Crippen molar-refractivity contribution in [3.63, 3.8) is 0 Å². The Morgan fingerprint density at radius 3 is 2.53 bits per heavy atom. The van der Waals surface area contributed by atoms with Crippen LogP contribution in [-0.4, -0.2) is 10.5 Å². The van der Waals surface area contributed by atoms with Gasteiger partial charge >= 0.3 is 0 Å². The summed E-state index contributed by atoms with van der Waals surface area (Å²) in [5.41, 5.74) is 1.78. The lowest BCUT2D eigenvalue weighted by Gasteiger charge is -2.32. The standard InChI is InChI=1S/C14H19N3/c1-11-8-12(2)16-13(9-11)17-14(10-15)6-4-3-5-7-14/h8-9H,3-7H2,1-2H3,(H,16,17). The molecule has 1 fully saturated rings. The van der Waals surface area contributed by atoms with Gasteiger partial charge in [-0.05, 0) is 44.4 Å². The molecule has 1 aromatic heterocycles. The number of hydrogen-bond acceptors (Lipinski definition) is 3. The molecule has 1 aromatic rings. The van der Waals surface area contributed by atoms with E-state index in [1.165, 1.54) is 12.0 Å². The Kier molecular flexibility index (Phi) is 3.33. The maximum Gasteiger partial charge on any atom is 0.127 e. The smallest absolute Gasteiger partial charge is 0.127 e. The van der Waals surface area contributed by atoms with Crippen molar-refractivity contribution in [2.24, 2.45) is 0 Å². The molecule has 90 valence electrons. The largest absolute Gasteiger partial charge is 0.352 e. The third-order valence-electron chi connectivity index (χ3n) is 3.39. The highest BCUT2D eigenvalue weighted by Crippen LogP contribution is 2.30. The fourth-order valence-electron chi connectivity index (χ4n) is 2.57. The van der Waals surface area contributed by atoms with Gasteiger partial charge in [0.1, 0.15) is 11.4 Å². The molecule has 0 aromatic carbocycles. The van der Waals surface area contributed by atoms with Crippen LogP contribution in [0, 0.1) is 25.2 Å². The third-order valence-corrected chi connectivity index (χ3v) is 3.39. The van der Waals surface area contributed by atoms with Gasteiger partial charge in [0.15, 0.2) is 0 Å². The van der Waals surface area contributed by atoms with Crippen molar-refractivity contribution in [1.82, 2.24) is 4.98 Å². The summed E-state index contributed by atoms with van der Waals surface area (Å²) in [6.45, 7) is 4.04. The van der Waals surface area contributed by atoms with Crippen LogP contribution in [0.4, 0.5) is 5.82 Å². The van der Waals surface area contributed by atoms with Crippen LogP contribution >= 0.6 is 0 Å². The van der Waals surface area contributed by atoms with Crippen LogP contribution in [0.1, 0.15) is 43.4 Å². The molecule has 17 heavy (non-hydrogen) atoms. The number of anilines is 1. The van der Waals surface area contributed by atoms with Gasteiger partial charge in [0, 0.05) is 5.69 Å². The summed E-state index contributed by atoms with van der Waals surface area (Å²) in [6.07, 6.45) is 5.36. The Hall–Kier alpha value is -1.56. The van der Waals surface area contributed by atoms with Crippen LogP contribution in [0.25, 0.3) is 0 Å². The van der Waals surface area contributed by atoms with E-state index in [9.17, 15) is 5.26 Å². The lowest BCUT2D eigenvalue weighted by molar-refractivity contribution is 0.392. The molecule has 0 unspecified atom stereocenters. The van der Waals surface area contributed by atoms with Crippen molar-refractivity contribution in [3.8, 4) is 6.07 Å². The molecular formula is C14H19N3. The molecule has 0 amide bonds. The quantitative estimate of drug-likeness (QED) is 0.846. The van der Waals surface area contributed by atoms with Crippen LogP contribution in [0.15, 0.2) is 12.1 Å². The first kappa shape index (κ1) is 11.9. The van der Waals surface area contributed by atoms with Crippen LogP contribution in [-0.2, 0) is 0 Å². The molecule has 1 N–H and O–H groups in total. The summed E-state index contributed by atoms with van der Waals surface area (Å²) >= 11 is 0. The summed E-state index contributed by atoms with van der Waals surface area (Å²) in [7, 11) is 0. The summed E-state index contributed by atoms with van der Waals surface area (Å²) < 4.78 is 0. The average Bonchev–Trinajstić information content (AvgIpc) is 2.29. The van der Waals surface area contributed by atoms with Crippen LogP contribution in [0.2, 0.25) is 0 Å². The maximum atomic E-state index is 9.40. The fraction of sp³-hybridized carbons (Fsp3) is 0.571. The summed E-state index contributed by atoms with van der Waals surface area (Å²) in [4.78, 5) is 4.46. The first-order valence-electron chi connectivity index (χ1n) is 6.28. The molecule has 0 aliphatic heterocycles. The SMILES string of the molecule is Cc1cc(C)nc(NC2(C#N)CCCCC2)c1. The molecule has 1 saturated carbocycles. The van der Waals surface area contributed by atoms with Gasteiger partial charge in [-0.1, -0.05) is 19.3 Å². The van der Waals surface area contributed by atoms with Gasteiger partial charge in [-0.25, -0.2) is 4.98 Å². The first-order chi connectivity index (χ1) is 8.13. The van der Waals surface area contributed by atoms with Gasteiger partial charge in [0.05, 0.1) is 6.07 Å². The number of nitrogens with one attached hydrogen (secondary N) is 1. The second kappa shape index (κ2) is 4.75. The van der Waals surface area contributed by atoms with Gasteiger partial charge in [0.25, 0.3) is 0 Å². The van der Waals surface area contributed by atoms with Crippen LogP contribution in [0.3, 0.4) is 0 Å². The lowest BCUT2D eigenvalue weighted by Crippen LogP contribution is -2.39. The fourth-order valence-corrected chi connectivity index (χ4v) is 2.57. The zero-order valence-corrected chi connectivity index (χ0v) is 10.6. The second-order valence-corrected chi connectivity index (χ2v) is 5.05. The van der Waals surface area contributed by atoms with Gasteiger partial charge in [-0.2, -0.15) is 5.26 Å². The van der Waals surface area contributed by atoms with Crippen molar-refractivity contribution >= 4 is 5.82 Å². The molecule has 2 rings (SSSR count). The first-order valence-corrected chi connectivity index (χ1v) is 6.28. The van der Waals surface area contributed by atoms with Gasteiger partial charge in [0.2, 0.25) is 0 Å². The van der Waals surface area contributed by atoms with E-state index in [0.717, 1.165) is 37.2 Å². The monoisotopic (exact) mass is 229 g/mol. The topological polar surface area (TPSA) is 48.7 Å². The van der Waals surface area contributed by atoms with Crippen molar-refractivity contribution in [2.75, 3.05) is 5.32 Å². The maximum absolute atomic E-state index is 9.40. The van der Waals surface area contributed by atoms with Crippen LogP contribution < -0.4 is 5.32 Å². The Labute approximate surface area is 103 Å². The number of nitrogens with zero attached hydrogens (tertiary/aromatic N) is 2. The predicted octanol–water partition coefficient (Wildman–Crippen LogP) is 3.34. The van der Waals surface area contributed by atoms with E-state index in [0.29, 0.717) is 0 Å². The van der Waals surface area contributed by atoms with Gasteiger partial charge in [-0.3, -0.25) is 0 Å². The third kappa shape index (κ3) is 2.76. The Morgan fingerprint density at radius 1 is 1.24 bits per heavy atom. The molecule has 1 heterocycles. The molecule has 0 bridgehead atoms.